The van der Waals surface area contributed by atoms with E-state index in [-0.39, 0.29) is 5.97 Å². The smallest absolute Gasteiger partial charge is 0.304 e. The van der Waals surface area contributed by atoms with Crippen LogP contribution in [-0.4, -0.2) is 23.3 Å². The fourth-order valence-corrected chi connectivity index (χ4v) is 1.30. The normalized spacial score (nSPS) is 12.6. The SMILES string of the molecule is C=CC(O)C#CC#CC(/C=C/CCCCC)OC(C)=O. The number of ether oxygens (including phenoxy) is 1. The Morgan fingerprint density at radius 2 is 2.05 bits per heavy atom. The molecule has 0 aromatic rings. The van der Waals surface area contributed by atoms with E-state index in [1.54, 1.807) is 6.08 Å². The molecule has 0 aromatic heterocycles. The highest BCUT2D eigenvalue weighted by atomic mass is 16.5. The number of esters is 1. The van der Waals surface area contributed by atoms with Gasteiger partial charge >= 0.3 is 5.97 Å². The minimum atomic E-state index is -0.888. The highest BCUT2D eigenvalue weighted by Crippen LogP contribution is 2.02. The van der Waals surface area contributed by atoms with Gasteiger partial charge in [-0.25, -0.2) is 0 Å². The lowest BCUT2D eigenvalue weighted by molar-refractivity contribution is -0.142. The standard InChI is InChI=1S/C17H22O3/c1-4-6-7-8-9-13-17(20-15(3)18)14-11-10-12-16(19)5-2/h5,9,13,16-17,19H,2,4,6-8H2,1,3H3/b13-9+. The predicted molar refractivity (Wildman–Crippen MR) is 80.6 cm³/mol. The zero-order valence-corrected chi connectivity index (χ0v) is 12.2. The minimum absolute atomic E-state index is 0.387. The first-order valence-corrected chi connectivity index (χ1v) is 6.75. The molecule has 0 aliphatic rings. The summed E-state index contributed by atoms with van der Waals surface area (Å²) >= 11 is 0. The molecule has 0 amide bonds. The topological polar surface area (TPSA) is 46.5 Å². The van der Waals surface area contributed by atoms with Crippen LogP contribution in [0.3, 0.4) is 0 Å². The summed E-state index contributed by atoms with van der Waals surface area (Å²) in [5, 5.41) is 9.13. The van der Waals surface area contributed by atoms with E-state index >= 15 is 0 Å². The van der Waals surface area contributed by atoms with Crippen LogP contribution >= 0.6 is 0 Å². The van der Waals surface area contributed by atoms with Gasteiger partial charge < -0.3 is 9.84 Å². The molecule has 0 heterocycles. The third-order valence-electron chi connectivity index (χ3n) is 2.30. The largest absolute Gasteiger partial charge is 0.445 e. The summed E-state index contributed by atoms with van der Waals surface area (Å²) < 4.78 is 5.04. The molecule has 20 heavy (non-hydrogen) atoms. The number of allylic oxidation sites excluding steroid dienone is 1. The Bertz CT molecular complexity index is 440. The van der Waals surface area contributed by atoms with Crippen molar-refractivity contribution >= 4 is 5.97 Å². The van der Waals surface area contributed by atoms with Crippen molar-refractivity contribution in [2.45, 2.75) is 51.7 Å². The number of hydrogen-bond acceptors (Lipinski definition) is 3. The van der Waals surface area contributed by atoms with Crippen LogP contribution in [0.5, 0.6) is 0 Å². The van der Waals surface area contributed by atoms with E-state index in [0.717, 1.165) is 12.8 Å². The Hall–Kier alpha value is -1.97. The molecule has 0 spiro atoms. The third kappa shape index (κ3) is 11.1. The van der Waals surface area contributed by atoms with Gasteiger partial charge in [-0.05, 0) is 36.7 Å². The molecule has 0 aliphatic heterocycles. The van der Waals surface area contributed by atoms with E-state index < -0.39 is 12.2 Å². The molecule has 0 rings (SSSR count). The zero-order valence-electron chi connectivity index (χ0n) is 12.2. The maximum absolute atomic E-state index is 11.0. The van der Waals surface area contributed by atoms with Gasteiger partial charge in [0.05, 0.1) is 0 Å². The van der Waals surface area contributed by atoms with Crippen molar-refractivity contribution in [3.63, 3.8) is 0 Å². The van der Waals surface area contributed by atoms with E-state index in [0.29, 0.717) is 0 Å². The molecular formula is C17H22O3. The molecule has 0 saturated carbocycles. The lowest BCUT2D eigenvalue weighted by Gasteiger charge is -2.05. The molecule has 0 saturated heterocycles. The average Bonchev–Trinajstić information content (AvgIpc) is 2.42. The molecule has 1 N–H and O–H groups in total. The van der Waals surface area contributed by atoms with Crippen LogP contribution in [0.1, 0.15) is 39.5 Å². The molecule has 0 bridgehead atoms. The highest BCUT2D eigenvalue weighted by molar-refractivity contribution is 5.66. The predicted octanol–water partition coefficient (Wildman–Crippen LogP) is 2.61. The van der Waals surface area contributed by atoms with E-state index in [2.05, 4.69) is 37.2 Å². The van der Waals surface area contributed by atoms with E-state index in [9.17, 15) is 4.79 Å². The van der Waals surface area contributed by atoms with Gasteiger partial charge in [-0.1, -0.05) is 44.4 Å². The van der Waals surface area contributed by atoms with Crippen LogP contribution in [0, 0.1) is 23.7 Å². The van der Waals surface area contributed by atoms with E-state index in [4.69, 9.17) is 9.84 Å². The maximum Gasteiger partial charge on any atom is 0.304 e. The molecule has 0 aliphatic carbocycles. The Morgan fingerprint density at radius 3 is 2.65 bits per heavy atom. The first-order chi connectivity index (χ1) is 9.60. The highest BCUT2D eigenvalue weighted by Gasteiger charge is 2.02. The average molecular weight is 274 g/mol. The molecule has 3 nitrogen and oxygen atoms in total. The third-order valence-corrected chi connectivity index (χ3v) is 2.30. The van der Waals surface area contributed by atoms with Crippen molar-refractivity contribution in [1.29, 1.82) is 0 Å². The van der Waals surface area contributed by atoms with Crippen molar-refractivity contribution in [3.8, 4) is 23.7 Å². The summed E-state index contributed by atoms with van der Waals surface area (Å²) in [5.74, 6) is 9.86. The van der Waals surface area contributed by atoms with Crippen LogP contribution < -0.4 is 0 Å². The van der Waals surface area contributed by atoms with Gasteiger partial charge in [0.15, 0.2) is 6.10 Å². The molecule has 0 fully saturated rings. The number of aliphatic hydroxyl groups is 1. The molecule has 0 aromatic carbocycles. The van der Waals surface area contributed by atoms with Crippen molar-refractivity contribution in [2.24, 2.45) is 0 Å². The summed E-state index contributed by atoms with van der Waals surface area (Å²) in [6, 6.07) is 0. The second-order valence-electron chi connectivity index (χ2n) is 4.17. The van der Waals surface area contributed by atoms with Crippen LogP contribution in [0.25, 0.3) is 0 Å². The lowest BCUT2D eigenvalue weighted by Crippen LogP contribution is -2.11. The maximum atomic E-state index is 11.0. The molecule has 3 heteroatoms. The number of unbranched alkanes of at least 4 members (excludes halogenated alkanes) is 3. The summed E-state index contributed by atoms with van der Waals surface area (Å²) in [6.45, 7) is 6.88. The van der Waals surface area contributed by atoms with Gasteiger partial charge in [0.1, 0.15) is 6.10 Å². The van der Waals surface area contributed by atoms with Gasteiger partial charge in [-0.2, -0.15) is 0 Å². The zero-order chi connectivity index (χ0) is 15.2. The van der Waals surface area contributed by atoms with Gasteiger partial charge in [-0.15, -0.1) is 0 Å². The molecule has 108 valence electrons. The summed E-state index contributed by atoms with van der Waals surface area (Å²) in [4.78, 5) is 11.0. The second-order valence-corrected chi connectivity index (χ2v) is 4.17. The first-order valence-electron chi connectivity index (χ1n) is 6.75. The van der Waals surface area contributed by atoms with Crippen molar-refractivity contribution in [2.75, 3.05) is 0 Å². The quantitative estimate of drug-likeness (QED) is 0.336. The van der Waals surface area contributed by atoms with Gasteiger partial charge in [0.2, 0.25) is 0 Å². The second kappa shape index (κ2) is 12.1. The van der Waals surface area contributed by atoms with Crippen molar-refractivity contribution in [1.82, 2.24) is 0 Å². The fourth-order valence-electron chi connectivity index (χ4n) is 1.30. The van der Waals surface area contributed by atoms with Crippen LogP contribution in [-0.2, 0) is 9.53 Å². The van der Waals surface area contributed by atoms with Gasteiger partial charge in [0.25, 0.3) is 0 Å². The summed E-state index contributed by atoms with van der Waals surface area (Å²) in [5.41, 5.74) is 0. The lowest BCUT2D eigenvalue weighted by atomic mass is 10.2. The Kier molecular flexibility index (Phi) is 10.9. The van der Waals surface area contributed by atoms with Crippen LogP contribution in [0.15, 0.2) is 24.8 Å². The first kappa shape index (κ1) is 18.0. The van der Waals surface area contributed by atoms with E-state index in [1.807, 2.05) is 6.08 Å². The molecule has 0 radical (unpaired) electrons. The van der Waals surface area contributed by atoms with Crippen LogP contribution in [0.4, 0.5) is 0 Å². The number of rotatable bonds is 7. The summed E-state index contributed by atoms with van der Waals surface area (Å²) in [7, 11) is 0. The van der Waals surface area contributed by atoms with Crippen molar-refractivity contribution < 1.29 is 14.6 Å². The number of carbonyl (C=O) groups excluding carboxylic acids is 1. The Balaban J connectivity index is 4.47. The van der Waals surface area contributed by atoms with Gasteiger partial charge in [0, 0.05) is 6.92 Å². The number of carbonyl (C=O) groups is 1. The van der Waals surface area contributed by atoms with E-state index in [1.165, 1.54) is 25.8 Å². The fraction of sp³-hybridized carbons (Fsp3) is 0.471. The molecule has 2 unspecified atom stereocenters. The molecule has 2 atom stereocenters. The van der Waals surface area contributed by atoms with Crippen molar-refractivity contribution in [3.05, 3.63) is 24.8 Å². The Labute approximate surface area is 121 Å². The van der Waals surface area contributed by atoms with Gasteiger partial charge in [-0.3, -0.25) is 4.79 Å². The monoisotopic (exact) mass is 274 g/mol. The molecular weight excluding hydrogens is 252 g/mol. The minimum Gasteiger partial charge on any atom is -0.445 e. The number of hydrogen-bond donors (Lipinski definition) is 1. The summed E-state index contributed by atoms with van der Waals surface area (Å²) in [6.07, 6.45) is 7.95. The van der Waals surface area contributed by atoms with Crippen LogP contribution in [0.2, 0.25) is 0 Å². The Morgan fingerprint density at radius 1 is 1.35 bits per heavy atom. The number of aliphatic hydroxyl groups excluding tert-OH is 1.